The van der Waals surface area contributed by atoms with Crippen LogP contribution in [0.3, 0.4) is 0 Å². The van der Waals surface area contributed by atoms with E-state index in [1.807, 2.05) is 6.07 Å². The largest absolute Gasteiger partial charge is 0.321 e. The van der Waals surface area contributed by atoms with Crippen LogP contribution >= 0.6 is 0 Å². The molecule has 5 nitrogen and oxygen atoms in total. The zero-order valence-electron chi connectivity index (χ0n) is 15.1. The average molecular weight is 351 g/mol. The number of unbranched alkanes of at least 4 members (excludes halogenated alkanes) is 4. The normalized spacial score (nSPS) is 10.7. The van der Waals surface area contributed by atoms with E-state index in [9.17, 15) is 9.59 Å². The number of benzene rings is 2. The van der Waals surface area contributed by atoms with Crippen molar-refractivity contribution in [2.24, 2.45) is 5.10 Å². The summed E-state index contributed by atoms with van der Waals surface area (Å²) in [5, 5.41) is 6.77. The summed E-state index contributed by atoms with van der Waals surface area (Å²) in [6.45, 7) is 2.17. The maximum absolute atomic E-state index is 12.3. The molecule has 2 amide bonds. The summed E-state index contributed by atoms with van der Waals surface area (Å²) in [5.41, 5.74) is 3.89. The van der Waals surface area contributed by atoms with E-state index in [-0.39, 0.29) is 11.8 Å². The Morgan fingerprint density at radius 1 is 0.923 bits per heavy atom. The Kier molecular flexibility index (Phi) is 8.06. The van der Waals surface area contributed by atoms with Gasteiger partial charge in [-0.05, 0) is 37.1 Å². The number of hydrogen-bond acceptors (Lipinski definition) is 3. The second kappa shape index (κ2) is 10.8. The molecule has 0 bridgehead atoms. The van der Waals surface area contributed by atoms with Crippen LogP contribution in [0.15, 0.2) is 59.7 Å². The quantitative estimate of drug-likeness (QED) is 0.393. The van der Waals surface area contributed by atoms with Crippen LogP contribution in [0, 0.1) is 0 Å². The van der Waals surface area contributed by atoms with Crippen LogP contribution in [-0.2, 0) is 0 Å². The lowest BCUT2D eigenvalue weighted by molar-refractivity contribution is 0.0956. The maximum atomic E-state index is 12.3. The Bertz CT molecular complexity index is 742. The monoisotopic (exact) mass is 351 g/mol. The van der Waals surface area contributed by atoms with Crippen LogP contribution in [0.5, 0.6) is 0 Å². The van der Waals surface area contributed by atoms with Crippen LogP contribution in [-0.4, -0.2) is 18.0 Å². The summed E-state index contributed by atoms with van der Waals surface area (Å²) in [6, 6.07) is 15.8. The molecule has 0 spiro atoms. The van der Waals surface area contributed by atoms with Gasteiger partial charge in [0.2, 0.25) is 0 Å². The summed E-state index contributed by atoms with van der Waals surface area (Å²) in [4.78, 5) is 24.6. The van der Waals surface area contributed by atoms with Crippen molar-refractivity contribution in [1.82, 2.24) is 5.43 Å². The van der Waals surface area contributed by atoms with Gasteiger partial charge in [0.15, 0.2) is 0 Å². The summed E-state index contributed by atoms with van der Waals surface area (Å²) in [6.07, 6.45) is 7.21. The first kappa shape index (κ1) is 19.4. The first-order valence-corrected chi connectivity index (χ1v) is 8.99. The molecule has 0 unspecified atom stereocenters. The lowest BCUT2D eigenvalue weighted by Crippen LogP contribution is -2.21. The summed E-state index contributed by atoms with van der Waals surface area (Å²) in [5.74, 6) is -0.607. The van der Waals surface area contributed by atoms with Crippen molar-refractivity contribution >= 4 is 23.7 Å². The predicted octanol–water partition coefficient (Wildman–Crippen LogP) is 4.62. The number of hydrogen-bond donors (Lipinski definition) is 2. The van der Waals surface area contributed by atoms with Gasteiger partial charge in [-0.1, -0.05) is 56.5 Å². The molecular weight excluding hydrogens is 326 g/mol. The minimum atomic E-state index is -0.348. The number of para-hydroxylation sites is 1. The molecule has 2 rings (SSSR count). The molecule has 0 aliphatic carbocycles. The van der Waals surface area contributed by atoms with Gasteiger partial charge in [-0.25, -0.2) is 5.43 Å². The molecule has 0 atom stereocenters. The van der Waals surface area contributed by atoms with Gasteiger partial charge in [-0.3, -0.25) is 9.59 Å². The molecule has 26 heavy (non-hydrogen) atoms. The minimum Gasteiger partial charge on any atom is -0.321 e. The zero-order chi connectivity index (χ0) is 18.6. The Labute approximate surface area is 154 Å². The van der Waals surface area contributed by atoms with Crippen LogP contribution in [0.1, 0.15) is 59.7 Å². The number of carbonyl (C=O) groups is 2. The summed E-state index contributed by atoms with van der Waals surface area (Å²) < 4.78 is 0. The van der Waals surface area contributed by atoms with Gasteiger partial charge < -0.3 is 5.32 Å². The molecule has 2 aromatic carbocycles. The molecule has 0 radical (unpaired) electrons. The number of hydrazone groups is 1. The van der Waals surface area contributed by atoms with E-state index in [4.69, 9.17) is 0 Å². The van der Waals surface area contributed by atoms with E-state index in [0.717, 1.165) is 12.8 Å². The fourth-order valence-electron chi connectivity index (χ4n) is 2.47. The highest BCUT2D eigenvalue weighted by molar-refractivity contribution is 6.08. The zero-order valence-corrected chi connectivity index (χ0v) is 15.1. The molecule has 136 valence electrons. The van der Waals surface area contributed by atoms with E-state index in [2.05, 4.69) is 22.8 Å². The lowest BCUT2D eigenvalue weighted by Gasteiger charge is -2.10. The van der Waals surface area contributed by atoms with Crippen LogP contribution in [0.25, 0.3) is 0 Å². The van der Waals surface area contributed by atoms with Gasteiger partial charge in [-0.2, -0.15) is 5.10 Å². The maximum Gasteiger partial charge on any atom is 0.273 e. The molecule has 2 N–H and O–H groups in total. The first-order valence-electron chi connectivity index (χ1n) is 8.99. The van der Waals surface area contributed by atoms with Crippen molar-refractivity contribution < 1.29 is 9.59 Å². The third-order valence-electron chi connectivity index (χ3n) is 3.90. The van der Waals surface area contributed by atoms with Gasteiger partial charge in [0.1, 0.15) is 0 Å². The van der Waals surface area contributed by atoms with Crippen molar-refractivity contribution in [3.8, 4) is 0 Å². The summed E-state index contributed by atoms with van der Waals surface area (Å²) in [7, 11) is 0. The molecule has 0 saturated heterocycles. The van der Waals surface area contributed by atoms with E-state index in [1.54, 1.807) is 54.7 Å². The van der Waals surface area contributed by atoms with Gasteiger partial charge in [-0.15, -0.1) is 0 Å². The SMILES string of the molecule is CCCCCC/C=N\NC(=O)c1ccccc1NC(=O)c1ccccc1. The molecule has 0 saturated carbocycles. The van der Waals surface area contributed by atoms with E-state index in [1.165, 1.54) is 19.3 Å². The standard InChI is InChI=1S/C21H25N3O2/c1-2-3-4-5-11-16-22-24-21(26)18-14-9-10-15-19(18)23-20(25)17-12-7-6-8-13-17/h6-10,12-16H,2-5,11H2,1H3,(H,23,25)(H,24,26)/b22-16-. The Balaban J connectivity index is 1.94. The molecule has 0 aliphatic rings. The Morgan fingerprint density at radius 2 is 1.65 bits per heavy atom. The summed E-state index contributed by atoms with van der Waals surface area (Å²) >= 11 is 0. The highest BCUT2D eigenvalue weighted by Crippen LogP contribution is 2.16. The minimum absolute atomic E-state index is 0.259. The van der Waals surface area contributed by atoms with Crippen LogP contribution in [0.2, 0.25) is 0 Å². The van der Waals surface area contributed by atoms with E-state index >= 15 is 0 Å². The molecular formula is C21H25N3O2. The van der Waals surface area contributed by atoms with Gasteiger partial charge in [0.25, 0.3) is 11.8 Å². The Hall–Kier alpha value is -2.95. The molecule has 0 aliphatic heterocycles. The number of carbonyl (C=O) groups excluding carboxylic acids is 2. The second-order valence-electron chi connectivity index (χ2n) is 5.97. The van der Waals surface area contributed by atoms with Crippen LogP contribution < -0.4 is 10.7 Å². The highest BCUT2D eigenvalue weighted by Gasteiger charge is 2.13. The average Bonchev–Trinajstić information content (AvgIpc) is 2.68. The molecule has 0 heterocycles. The number of amides is 2. The lowest BCUT2D eigenvalue weighted by atomic mass is 10.1. The van der Waals surface area contributed by atoms with Crippen molar-refractivity contribution in [3.63, 3.8) is 0 Å². The van der Waals surface area contributed by atoms with E-state index < -0.39 is 0 Å². The third-order valence-corrected chi connectivity index (χ3v) is 3.90. The van der Waals surface area contributed by atoms with Crippen LogP contribution in [0.4, 0.5) is 5.69 Å². The predicted molar refractivity (Wildman–Crippen MR) is 106 cm³/mol. The fourth-order valence-corrected chi connectivity index (χ4v) is 2.47. The number of nitrogens with one attached hydrogen (secondary N) is 2. The number of anilines is 1. The molecule has 2 aromatic rings. The van der Waals surface area contributed by atoms with Crippen molar-refractivity contribution in [1.29, 1.82) is 0 Å². The Morgan fingerprint density at radius 3 is 2.42 bits per heavy atom. The molecule has 5 heteroatoms. The number of rotatable bonds is 9. The fraction of sp³-hybridized carbons (Fsp3) is 0.286. The smallest absolute Gasteiger partial charge is 0.273 e. The highest BCUT2D eigenvalue weighted by atomic mass is 16.2. The molecule has 0 fully saturated rings. The van der Waals surface area contributed by atoms with Gasteiger partial charge >= 0.3 is 0 Å². The topological polar surface area (TPSA) is 70.6 Å². The second-order valence-corrected chi connectivity index (χ2v) is 5.97. The molecule has 0 aromatic heterocycles. The van der Waals surface area contributed by atoms with E-state index in [0.29, 0.717) is 16.8 Å². The van der Waals surface area contributed by atoms with Crippen molar-refractivity contribution in [3.05, 3.63) is 65.7 Å². The first-order chi connectivity index (χ1) is 12.7. The van der Waals surface area contributed by atoms with Gasteiger partial charge in [0.05, 0.1) is 11.3 Å². The van der Waals surface area contributed by atoms with Gasteiger partial charge in [0, 0.05) is 11.8 Å². The van der Waals surface area contributed by atoms with Crippen molar-refractivity contribution in [2.75, 3.05) is 5.32 Å². The third kappa shape index (κ3) is 6.16. The number of nitrogens with zero attached hydrogens (tertiary/aromatic N) is 1. The van der Waals surface area contributed by atoms with Crippen molar-refractivity contribution in [2.45, 2.75) is 39.0 Å².